The summed E-state index contributed by atoms with van der Waals surface area (Å²) in [4.78, 5) is 12.4. The molecule has 0 unspecified atom stereocenters. The van der Waals surface area contributed by atoms with Crippen LogP contribution in [0.5, 0.6) is 0 Å². The van der Waals surface area contributed by atoms with Crippen LogP contribution in [0.3, 0.4) is 0 Å². The molecule has 2 aromatic carbocycles. The second-order valence-electron chi connectivity index (χ2n) is 4.31. The Bertz CT molecular complexity index is 775. The second-order valence-corrected chi connectivity index (χ2v) is 9.78. The summed E-state index contributed by atoms with van der Waals surface area (Å²) in [6.45, 7) is 0. The maximum Gasteiger partial charge on any atom is 0.489 e. The number of rotatable bonds is 5. The van der Waals surface area contributed by atoms with E-state index in [0.29, 0.717) is 3.57 Å². The summed E-state index contributed by atoms with van der Waals surface area (Å²) in [5.74, 6) is -1.10. The lowest BCUT2D eigenvalue weighted by atomic mass is 10.2. The van der Waals surface area contributed by atoms with Gasteiger partial charge < -0.3 is 4.79 Å². The predicted octanol–water partition coefficient (Wildman–Crippen LogP) is 0.252. The zero-order chi connectivity index (χ0) is 17.1. The number of halogens is 4. The van der Waals surface area contributed by atoms with Gasteiger partial charge in [-0.25, -0.2) is 8.42 Å². The van der Waals surface area contributed by atoms with E-state index in [-0.39, 0.29) is 5.56 Å². The SMILES string of the molecule is O=C(c1ccccc1)[C-]([I+]c1ccccc1)S(=O)(=O)C(F)(F)F. The Morgan fingerprint density at radius 1 is 0.913 bits per heavy atom. The van der Waals surface area contributed by atoms with Crippen molar-refractivity contribution in [2.75, 3.05) is 0 Å². The lowest BCUT2D eigenvalue weighted by molar-refractivity contribution is -0.588. The van der Waals surface area contributed by atoms with Crippen molar-refractivity contribution in [1.29, 1.82) is 0 Å². The van der Waals surface area contributed by atoms with E-state index >= 15 is 0 Å². The molecule has 0 aliphatic heterocycles. The topological polar surface area (TPSA) is 51.2 Å². The Morgan fingerprint density at radius 2 is 1.39 bits per heavy atom. The quantitative estimate of drug-likeness (QED) is 0.370. The first-order valence-electron chi connectivity index (χ1n) is 6.21. The van der Waals surface area contributed by atoms with Crippen molar-refractivity contribution in [3.05, 3.63) is 73.1 Å². The molecule has 0 heterocycles. The van der Waals surface area contributed by atoms with Crippen molar-refractivity contribution in [2.24, 2.45) is 0 Å². The van der Waals surface area contributed by atoms with E-state index in [0.717, 1.165) is 0 Å². The molecule has 0 bridgehead atoms. The number of hydrogen-bond acceptors (Lipinski definition) is 3. The molecule has 0 amide bonds. The van der Waals surface area contributed by atoms with E-state index in [1.165, 1.54) is 36.4 Å². The monoisotopic (exact) mass is 454 g/mol. The Balaban J connectivity index is 2.46. The lowest BCUT2D eigenvalue weighted by Crippen LogP contribution is -3.63. The van der Waals surface area contributed by atoms with Crippen LogP contribution in [0.1, 0.15) is 10.4 Å². The first-order valence-corrected chi connectivity index (χ1v) is 9.85. The number of benzene rings is 2. The van der Waals surface area contributed by atoms with Gasteiger partial charge in [0.1, 0.15) is 0 Å². The molecule has 2 rings (SSSR count). The summed E-state index contributed by atoms with van der Waals surface area (Å²) in [7, 11) is -5.67. The lowest BCUT2D eigenvalue weighted by Gasteiger charge is -2.17. The van der Waals surface area contributed by atoms with Crippen molar-refractivity contribution < 1.29 is 47.6 Å². The number of carbonyl (C=O) groups is 1. The number of hydrogen-bond donors (Lipinski definition) is 0. The van der Waals surface area contributed by atoms with E-state index in [2.05, 4.69) is 0 Å². The minimum Gasteiger partial charge on any atom is -0.326 e. The molecule has 0 saturated carbocycles. The minimum absolute atomic E-state index is 0.0778. The maximum absolute atomic E-state index is 12.9. The molecule has 122 valence electrons. The standard InChI is InChI=1S/C15H10F3IO3S/c16-15(17,18)23(21,22)14(19-12-9-5-2-6-10-12)13(20)11-7-3-1-4-8-11/h1-10H. The van der Waals surface area contributed by atoms with Gasteiger partial charge in [0, 0.05) is 0 Å². The zero-order valence-corrected chi connectivity index (χ0v) is 14.4. The average molecular weight is 454 g/mol. The van der Waals surface area contributed by atoms with Crippen molar-refractivity contribution in [3.63, 3.8) is 0 Å². The average Bonchev–Trinajstić information content (AvgIpc) is 2.52. The van der Waals surface area contributed by atoms with Crippen LogP contribution < -0.4 is 21.2 Å². The van der Waals surface area contributed by atoms with Gasteiger partial charge in [0.2, 0.25) is 0 Å². The summed E-state index contributed by atoms with van der Waals surface area (Å²) in [5.41, 5.74) is -5.58. The molecule has 0 aromatic heterocycles. The molecular weight excluding hydrogens is 444 g/mol. The fourth-order valence-corrected chi connectivity index (χ4v) is 6.38. The third kappa shape index (κ3) is 4.05. The van der Waals surface area contributed by atoms with Crippen LogP contribution in [0.4, 0.5) is 13.2 Å². The number of alkyl halides is 3. The third-order valence-electron chi connectivity index (χ3n) is 2.68. The zero-order valence-electron chi connectivity index (χ0n) is 11.4. The highest BCUT2D eigenvalue weighted by Gasteiger charge is 2.54. The molecule has 0 radical (unpaired) electrons. The van der Waals surface area contributed by atoms with Gasteiger partial charge in [-0.2, -0.15) is 13.2 Å². The van der Waals surface area contributed by atoms with E-state index in [9.17, 15) is 26.4 Å². The molecule has 0 N–H and O–H groups in total. The molecule has 0 aliphatic rings. The highest BCUT2D eigenvalue weighted by atomic mass is 127. The number of Topliss-reactive ketones (excluding diaryl/α,β-unsaturated/α-hetero) is 1. The molecule has 0 aliphatic carbocycles. The minimum atomic E-state index is -5.67. The van der Waals surface area contributed by atoms with Crippen LogP contribution in [0, 0.1) is 6.83 Å². The van der Waals surface area contributed by atoms with Crippen molar-refractivity contribution in [1.82, 2.24) is 0 Å². The summed E-state index contributed by atoms with van der Waals surface area (Å²) in [6, 6.07) is 14.9. The van der Waals surface area contributed by atoms with Crippen LogP contribution in [0.25, 0.3) is 0 Å². The third-order valence-corrected chi connectivity index (χ3v) is 8.53. The molecule has 8 heteroatoms. The fraction of sp³-hybridized carbons (Fsp3) is 0.0667. The fourth-order valence-electron chi connectivity index (χ4n) is 1.60. The molecule has 0 saturated heterocycles. The van der Waals surface area contributed by atoms with Gasteiger partial charge in [0.05, 0.1) is 5.78 Å². The molecular formula is C15H10F3IO3S. The Labute approximate surface area is 141 Å². The van der Waals surface area contributed by atoms with Crippen LogP contribution >= 0.6 is 0 Å². The summed E-state index contributed by atoms with van der Waals surface area (Å²) in [6.07, 6.45) is 0. The predicted molar refractivity (Wildman–Crippen MR) is 74.1 cm³/mol. The Hall–Kier alpha value is -1.55. The van der Waals surface area contributed by atoms with E-state index in [1.54, 1.807) is 24.3 Å². The highest BCUT2D eigenvalue weighted by molar-refractivity contribution is 7.95. The van der Waals surface area contributed by atoms with Crippen molar-refractivity contribution >= 4 is 15.6 Å². The molecule has 0 fully saturated rings. The van der Waals surface area contributed by atoms with Gasteiger partial charge in [0.15, 0.2) is 6.83 Å². The number of ketones is 1. The first-order chi connectivity index (χ1) is 10.7. The molecule has 0 atom stereocenters. The highest BCUT2D eigenvalue weighted by Crippen LogP contribution is 2.29. The van der Waals surface area contributed by atoms with E-state index in [1.807, 2.05) is 0 Å². The van der Waals surface area contributed by atoms with Crippen LogP contribution in [0.15, 0.2) is 60.7 Å². The summed E-state index contributed by atoms with van der Waals surface area (Å²) >= 11 is -1.80. The van der Waals surface area contributed by atoms with Gasteiger partial charge >= 0.3 is 5.51 Å². The van der Waals surface area contributed by atoms with Gasteiger partial charge in [-0.15, -0.1) is 17.7 Å². The van der Waals surface area contributed by atoms with Crippen LogP contribution in [0.2, 0.25) is 0 Å². The second kappa shape index (κ2) is 6.91. The van der Waals surface area contributed by atoms with E-state index < -0.39 is 45.6 Å². The Morgan fingerprint density at radius 3 is 1.87 bits per heavy atom. The number of carbonyl (C=O) groups excluding carboxylic acids is 1. The molecule has 23 heavy (non-hydrogen) atoms. The van der Waals surface area contributed by atoms with Crippen molar-refractivity contribution in [2.45, 2.75) is 5.51 Å². The number of sulfone groups is 1. The van der Waals surface area contributed by atoms with E-state index in [4.69, 9.17) is 0 Å². The smallest absolute Gasteiger partial charge is 0.326 e. The molecule has 0 spiro atoms. The van der Waals surface area contributed by atoms with Gasteiger partial charge in [-0.05, 0) is 12.1 Å². The first kappa shape index (κ1) is 17.8. The molecule has 3 nitrogen and oxygen atoms in total. The normalized spacial score (nSPS) is 12.0. The van der Waals surface area contributed by atoms with Crippen LogP contribution in [-0.4, -0.2) is 19.7 Å². The largest absolute Gasteiger partial charge is 0.489 e. The van der Waals surface area contributed by atoms with Gasteiger partial charge in [-0.1, -0.05) is 36.4 Å². The van der Waals surface area contributed by atoms with Gasteiger partial charge in [0.25, 0.3) is 31.0 Å². The Kier molecular flexibility index (Phi) is 5.35. The van der Waals surface area contributed by atoms with Gasteiger partial charge in [-0.3, -0.25) is 0 Å². The van der Waals surface area contributed by atoms with Crippen LogP contribution in [-0.2, 0) is 9.84 Å². The summed E-state index contributed by atoms with van der Waals surface area (Å²) in [5, 5.41) is 0. The molecule has 2 aromatic rings. The van der Waals surface area contributed by atoms with Crippen molar-refractivity contribution in [3.8, 4) is 0 Å². The summed E-state index contributed by atoms with van der Waals surface area (Å²) < 4.78 is 61.7. The maximum atomic E-state index is 12.9.